The summed E-state index contributed by atoms with van der Waals surface area (Å²) in [6.45, 7) is 7.78. The van der Waals surface area contributed by atoms with Gasteiger partial charge in [-0.05, 0) is 30.7 Å². The summed E-state index contributed by atoms with van der Waals surface area (Å²) in [7, 11) is 1.68. The van der Waals surface area contributed by atoms with E-state index in [9.17, 15) is 0 Å². The molecule has 0 amide bonds. The van der Waals surface area contributed by atoms with E-state index in [1.165, 1.54) is 12.8 Å². The Kier molecular flexibility index (Phi) is 4.45. The standard InChI is InChI=1S/C17H27N3O/c1-12(2)15-11-20(16(9-18-15)13-7-8-13)10-14-5-4-6-17(19-14)21-3/h4-6,12-13,15-16,18H,7-11H2,1-3H3. The van der Waals surface area contributed by atoms with Gasteiger partial charge >= 0.3 is 0 Å². The Morgan fingerprint density at radius 1 is 1.38 bits per heavy atom. The number of methoxy groups -OCH3 is 1. The van der Waals surface area contributed by atoms with Gasteiger partial charge in [-0.15, -0.1) is 0 Å². The number of nitrogens with zero attached hydrogens (tertiary/aromatic N) is 2. The van der Waals surface area contributed by atoms with Gasteiger partial charge in [0.1, 0.15) is 0 Å². The Morgan fingerprint density at radius 3 is 2.86 bits per heavy atom. The number of aromatic nitrogens is 1. The first-order valence-corrected chi connectivity index (χ1v) is 8.14. The fraction of sp³-hybridized carbons (Fsp3) is 0.706. The highest BCUT2D eigenvalue weighted by molar-refractivity contribution is 5.16. The van der Waals surface area contributed by atoms with Crippen LogP contribution in [0.2, 0.25) is 0 Å². The molecule has 1 aromatic rings. The maximum absolute atomic E-state index is 5.25. The molecular weight excluding hydrogens is 262 g/mol. The summed E-state index contributed by atoms with van der Waals surface area (Å²) in [6.07, 6.45) is 2.78. The summed E-state index contributed by atoms with van der Waals surface area (Å²) in [6, 6.07) is 7.32. The molecule has 0 spiro atoms. The molecule has 4 heteroatoms. The second-order valence-corrected chi connectivity index (χ2v) is 6.76. The van der Waals surface area contributed by atoms with Crippen LogP contribution in [0.15, 0.2) is 18.2 Å². The first kappa shape index (κ1) is 14.8. The zero-order valence-corrected chi connectivity index (χ0v) is 13.4. The molecule has 0 aromatic carbocycles. The third-order valence-electron chi connectivity index (χ3n) is 4.82. The van der Waals surface area contributed by atoms with Crippen molar-refractivity contribution < 1.29 is 4.74 Å². The third-order valence-corrected chi connectivity index (χ3v) is 4.82. The molecule has 1 aliphatic heterocycles. The summed E-state index contributed by atoms with van der Waals surface area (Å²) in [5, 5.41) is 3.74. The fourth-order valence-electron chi connectivity index (χ4n) is 3.30. The predicted molar refractivity (Wildman–Crippen MR) is 84.3 cm³/mol. The fourth-order valence-corrected chi connectivity index (χ4v) is 3.30. The molecule has 2 atom stereocenters. The van der Waals surface area contributed by atoms with E-state index in [-0.39, 0.29) is 0 Å². The number of rotatable bonds is 5. The molecule has 116 valence electrons. The Labute approximate surface area is 127 Å². The zero-order valence-electron chi connectivity index (χ0n) is 13.4. The second-order valence-electron chi connectivity index (χ2n) is 6.76. The van der Waals surface area contributed by atoms with Crippen molar-refractivity contribution in [1.29, 1.82) is 0 Å². The minimum Gasteiger partial charge on any atom is -0.481 e. The Hall–Kier alpha value is -1.13. The van der Waals surface area contributed by atoms with Crippen molar-refractivity contribution in [3.05, 3.63) is 23.9 Å². The smallest absolute Gasteiger partial charge is 0.213 e. The van der Waals surface area contributed by atoms with Crippen molar-refractivity contribution in [2.45, 2.75) is 45.3 Å². The molecule has 0 bridgehead atoms. The van der Waals surface area contributed by atoms with E-state index in [4.69, 9.17) is 4.74 Å². The molecule has 1 N–H and O–H groups in total. The molecule has 2 fully saturated rings. The molecular formula is C17H27N3O. The van der Waals surface area contributed by atoms with Crippen molar-refractivity contribution in [2.24, 2.45) is 11.8 Å². The summed E-state index contributed by atoms with van der Waals surface area (Å²) < 4.78 is 5.25. The monoisotopic (exact) mass is 289 g/mol. The molecule has 2 aliphatic rings. The summed E-state index contributed by atoms with van der Waals surface area (Å²) in [5.41, 5.74) is 1.12. The average Bonchev–Trinajstić information content (AvgIpc) is 3.32. The molecule has 4 nitrogen and oxygen atoms in total. The Morgan fingerprint density at radius 2 is 2.19 bits per heavy atom. The van der Waals surface area contributed by atoms with E-state index < -0.39 is 0 Å². The average molecular weight is 289 g/mol. The van der Waals surface area contributed by atoms with E-state index in [2.05, 4.69) is 35.1 Å². The SMILES string of the molecule is COc1cccc(CN2CC(C(C)C)NCC2C2CC2)n1. The Balaban J connectivity index is 1.72. The van der Waals surface area contributed by atoms with Gasteiger partial charge in [0.15, 0.2) is 0 Å². The molecule has 3 rings (SSSR count). The normalized spacial score (nSPS) is 27.0. The van der Waals surface area contributed by atoms with Crippen LogP contribution in [0.5, 0.6) is 5.88 Å². The number of ether oxygens (including phenoxy) is 1. The largest absolute Gasteiger partial charge is 0.481 e. The molecule has 2 heterocycles. The lowest BCUT2D eigenvalue weighted by atomic mass is 9.97. The van der Waals surface area contributed by atoms with Crippen molar-refractivity contribution in [1.82, 2.24) is 15.2 Å². The molecule has 0 radical (unpaired) electrons. The van der Waals surface area contributed by atoms with Crippen LogP contribution in [0, 0.1) is 11.8 Å². The van der Waals surface area contributed by atoms with Gasteiger partial charge < -0.3 is 10.1 Å². The number of pyridine rings is 1. The van der Waals surface area contributed by atoms with Crippen LogP contribution in [0.25, 0.3) is 0 Å². The van der Waals surface area contributed by atoms with Gasteiger partial charge in [-0.3, -0.25) is 4.90 Å². The first-order valence-electron chi connectivity index (χ1n) is 8.14. The number of hydrogen-bond donors (Lipinski definition) is 1. The summed E-state index contributed by atoms with van der Waals surface area (Å²) >= 11 is 0. The van der Waals surface area contributed by atoms with E-state index in [1.54, 1.807) is 7.11 Å². The van der Waals surface area contributed by atoms with Gasteiger partial charge in [0, 0.05) is 37.8 Å². The van der Waals surface area contributed by atoms with E-state index >= 15 is 0 Å². The lowest BCUT2D eigenvalue weighted by Crippen LogP contribution is -2.58. The van der Waals surface area contributed by atoms with Crippen LogP contribution in [0.1, 0.15) is 32.4 Å². The molecule has 1 saturated heterocycles. The molecule has 2 unspecified atom stereocenters. The summed E-state index contributed by atoms with van der Waals surface area (Å²) in [5.74, 6) is 2.27. The predicted octanol–water partition coefficient (Wildman–Crippen LogP) is 2.30. The highest BCUT2D eigenvalue weighted by Crippen LogP contribution is 2.37. The van der Waals surface area contributed by atoms with Crippen LogP contribution < -0.4 is 10.1 Å². The zero-order chi connectivity index (χ0) is 14.8. The van der Waals surface area contributed by atoms with Gasteiger partial charge in [0.25, 0.3) is 0 Å². The van der Waals surface area contributed by atoms with E-state index in [0.29, 0.717) is 23.9 Å². The third kappa shape index (κ3) is 3.55. The van der Waals surface area contributed by atoms with Crippen LogP contribution in [-0.4, -0.2) is 42.2 Å². The maximum atomic E-state index is 5.25. The van der Waals surface area contributed by atoms with Crippen LogP contribution >= 0.6 is 0 Å². The van der Waals surface area contributed by atoms with Gasteiger partial charge in [0.2, 0.25) is 5.88 Å². The highest BCUT2D eigenvalue weighted by atomic mass is 16.5. The van der Waals surface area contributed by atoms with E-state index in [1.807, 2.05) is 12.1 Å². The van der Waals surface area contributed by atoms with E-state index in [0.717, 1.165) is 31.2 Å². The van der Waals surface area contributed by atoms with Crippen molar-refractivity contribution >= 4 is 0 Å². The second kappa shape index (κ2) is 6.32. The highest BCUT2D eigenvalue weighted by Gasteiger charge is 2.39. The minimum atomic E-state index is 0.589. The van der Waals surface area contributed by atoms with Gasteiger partial charge in [0.05, 0.1) is 12.8 Å². The molecule has 21 heavy (non-hydrogen) atoms. The topological polar surface area (TPSA) is 37.4 Å². The molecule has 1 saturated carbocycles. The lowest BCUT2D eigenvalue weighted by molar-refractivity contribution is 0.0912. The summed E-state index contributed by atoms with van der Waals surface area (Å²) in [4.78, 5) is 7.22. The van der Waals surface area contributed by atoms with Crippen molar-refractivity contribution in [3.63, 3.8) is 0 Å². The van der Waals surface area contributed by atoms with Gasteiger partial charge in [-0.2, -0.15) is 0 Å². The number of nitrogens with one attached hydrogen (secondary N) is 1. The quantitative estimate of drug-likeness (QED) is 0.902. The van der Waals surface area contributed by atoms with Crippen molar-refractivity contribution in [2.75, 3.05) is 20.2 Å². The Bertz CT molecular complexity index is 473. The van der Waals surface area contributed by atoms with Gasteiger partial charge in [-0.1, -0.05) is 19.9 Å². The maximum Gasteiger partial charge on any atom is 0.213 e. The van der Waals surface area contributed by atoms with Crippen LogP contribution in [0.4, 0.5) is 0 Å². The number of piperazine rings is 1. The first-order chi connectivity index (χ1) is 10.2. The molecule has 1 aliphatic carbocycles. The number of hydrogen-bond acceptors (Lipinski definition) is 4. The molecule has 1 aromatic heterocycles. The van der Waals surface area contributed by atoms with Crippen molar-refractivity contribution in [3.8, 4) is 5.88 Å². The minimum absolute atomic E-state index is 0.589. The van der Waals surface area contributed by atoms with Crippen LogP contribution in [0.3, 0.4) is 0 Å². The lowest BCUT2D eigenvalue weighted by Gasteiger charge is -2.42. The van der Waals surface area contributed by atoms with Gasteiger partial charge in [-0.25, -0.2) is 4.98 Å². The van der Waals surface area contributed by atoms with Crippen LogP contribution in [-0.2, 0) is 6.54 Å².